The molecule has 4 rings (SSSR count). The summed E-state index contributed by atoms with van der Waals surface area (Å²) in [5, 5.41) is 0. The smallest absolute Gasteiger partial charge is 0.201 e. The van der Waals surface area contributed by atoms with E-state index in [1.165, 1.54) is 75.8 Å². The van der Waals surface area contributed by atoms with E-state index in [2.05, 4.69) is 30.1 Å². The van der Waals surface area contributed by atoms with Crippen LogP contribution in [0, 0.1) is 29.4 Å². The van der Waals surface area contributed by atoms with Crippen LogP contribution in [0.2, 0.25) is 0 Å². The second-order valence-corrected chi connectivity index (χ2v) is 10.2. The summed E-state index contributed by atoms with van der Waals surface area (Å²) in [5.74, 6) is 1.34. The highest BCUT2D eigenvalue weighted by Crippen LogP contribution is 2.44. The van der Waals surface area contributed by atoms with Crippen LogP contribution in [-0.2, 0) is 0 Å². The summed E-state index contributed by atoms with van der Waals surface area (Å²) >= 11 is 0. The van der Waals surface area contributed by atoms with Crippen molar-refractivity contribution < 1.29 is 13.5 Å². The first-order chi connectivity index (χ1) is 16.6. The van der Waals surface area contributed by atoms with E-state index in [4.69, 9.17) is 4.74 Å². The van der Waals surface area contributed by atoms with Crippen LogP contribution in [-0.4, -0.2) is 11.6 Å². The first kappa shape index (κ1) is 24.9. The number of aromatic nitrogens is 1. The minimum absolute atomic E-state index is 0.0562. The van der Waals surface area contributed by atoms with Gasteiger partial charge in [0.25, 0.3) is 0 Å². The maximum Gasteiger partial charge on any atom is 0.201 e. The SMILES string of the molecule is CC=CCCC1CCC(C2CCC(c3ccc(-c4ccc(OCC)c(F)c4F)nc3)CC2)CC1. The first-order valence-corrected chi connectivity index (χ1v) is 13.3. The third-order valence-electron chi connectivity index (χ3n) is 8.19. The second kappa shape index (κ2) is 12.0. The molecule has 0 radical (unpaired) electrons. The molecule has 2 saturated carbocycles. The number of nitrogens with zero attached hydrogens (tertiary/aromatic N) is 1. The van der Waals surface area contributed by atoms with Crippen LogP contribution >= 0.6 is 0 Å². The number of benzene rings is 1. The zero-order chi connectivity index (χ0) is 23.9. The third kappa shape index (κ3) is 5.87. The maximum atomic E-state index is 14.5. The van der Waals surface area contributed by atoms with Crippen LogP contribution < -0.4 is 4.74 Å². The topological polar surface area (TPSA) is 22.1 Å². The summed E-state index contributed by atoms with van der Waals surface area (Å²) in [7, 11) is 0. The number of rotatable bonds is 8. The number of allylic oxidation sites excluding steroid dienone is 2. The van der Waals surface area contributed by atoms with E-state index in [9.17, 15) is 8.78 Å². The van der Waals surface area contributed by atoms with Crippen LogP contribution in [0.25, 0.3) is 11.3 Å². The predicted molar refractivity (Wildman–Crippen MR) is 135 cm³/mol. The Hall–Kier alpha value is -2.23. The van der Waals surface area contributed by atoms with Gasteiger partial charge in [0.05, 0.1) is 12.3 Å². The highest BCUT2D eigenvalue weighted by atomic mass is 19.2. The molecule has 0 bridgehead atoms. The van der Waals surface area contributed by atoms with Gasteiger partial charge in [-0.05, 0) is 113 Å². The van der Waals surface area contributed by atoms with Gasteiger partial charge in [-0.1, -0.05) is 31.1 Å². The van der Waals surface area contributed by atoms with Crippen molar-refractivity contribution in [2.24, 2.45) is 17.8 Å². The average Bonchev–Trinajstić information content (AvgIpc) is 2.88. The van der Waals surface area contributed by atoms with E-state index in [1.807, 2.05) is 12.3 Å². The van der Waals surface area contributed by atoms with Gasteiger partial charge in [0.1, 0.15) is 0 Å². The largest absolute Gasteiger partial charge is 0.491 e. The molecule has 1 aromatic carbocycles. The summed E-state index contributed by atoms with van der Waals surface area (Å²) in [5.41, 5.74) is 1.86. The number of ether oxygens (including phenoxy) is 1. The Morgan fingerprint density at radius 3 is 2.24 bits per heavy atom. The number of pyridine rings is 1. The Bertz CT molecular complexity index is 939. The van der Waals surface area contributed by atoms with Crippen LogP contribution in [0.1, 0.15) is 89.5 Å². The zero-order valence-electron chi connectivity index (χ0n) is 20.7. The first-order valence-electron chi connectivity index (χ1n) is 13.3. The van der Waals surface area contributed by atoms with Crippen LogP contribution in [0.3, 0.4) is 0 Å². The molecule has 4 heteroatoms. The Balaban J connectivity index is 1.30. The fraction of sp³-hybridized carbons (Fsp3) is 0.567. The molecule has 0 saturated heterocycles. The van der Waals surface area contributed by atoms with Crippen LogP contribution in [0.5, 0.6) is 5.75 Å². The molecule has 0 amide bonds. The van der Waals surface area contributed by atoms with Crippen LogP contribution in [0.15, 0.2) is 42.6 Å². The quantitative estimate of drug-likeness (QED) is 0.362. The van der Waals surface area contributed by atoms with Crippen molar-refractivity contribution in [2.45, 2.75) is 84.0 Å². The molecule has 2 aliphatic carbocycles. The molecule has 0 N–H and O–H groups in total. The summed E-state index contributed by atoms with van der Waals surface area (Å²) in [4.78, 5) is 4.50. The molecule has 1 heterocycles. The van der Waals surface area contributed by atoms with Gasteiger partial charge in [0, 0.05) is 11.8 Å². The van der Waals surface area contributed by atoms with Crippen molar-refractivity contribution in [2.75, 3.05) is 6.61 Å². The number of halogens is 2. The molecular weight excluding hydrogens is 428 g/mol. The van der Waals surface area contributed by atoms with Gasteiger partial charge in [-0.15, -0.1) is 0 Å². The molecule has 0 aliphatic heterocycles. The molecule has 0 unspecified atom stereocenters. The lowest BCUT2D eigenvalue weighted by molar-refractivity contribution is 0.157. The van der Waals surface area contributed by atoms with Crippen molar-refractivity contribution in [1.82, 2.24) is 4.98 Å². The highest BCUT2D eigenvalue weighted by molar-refractivity contribution is 5.61. The number of hydrogen-bond acceptors (Lipinski definition) is 2. The van der Waals surface area contributed by atoms with Gasteiger partial charge in [0.2, 0.25) is 5.82 Å². The Kier molecular flexibility index (Phi) is 8.74. The monoisotopic (exact) mass is 467 g/mol. The molecule has 2 aliphatic rings. The highest BCUT2D eigenvalue weighted by Gasteiger charge is 2.31. The number of hydrogen-bond donors (Lipinski definition) is 0. The van der Waals surface area contributed by atoms with Crippen molar-refractivity contribution in [3.8, 4) is 17.0 Å². The van der Waals surface area contributed by atoms with E-state index >= 15 is 0 Å². The summed E-state index contributed by atoms with van der Waals surface area (Å²) in [6.07, 6.45) is 19.6. The Labute approximate surface area is 203 Å². The molecular formula is C30H39F2NO. The Morgan fingerprint density at radius 1 is 0.912 bits per heavy atom. The Morgan fingerprint density at radius 2 is 1.62 bits per heavy atom. The predicted octanol–water partition coefficient (Wildman–Crippen LogP) is 8.86. The fourth-order valence-corrected chi connectivity index (χ4v) is 6.17. The van der Waals surface area contributed by atoms with E-state index in [0.29, 0.717) is 18.2 Å². The van der Waals surface area contributed by atoms with Crippen LogP contribution in [0.4, 0.5) is 8.78 Å². The van der Waals surface area contributed by atoms with Gasteiger partial charge in [-0.3, -0.25) is 4.98 Å². The van der Waals surface area contributed by atoms with E-state index in [0.717, 1.165) is 17.8 Å². The lowest BCUT2D eigenvalue weighted by Gasteiger charge is -2.38. The summed E-state index contributed by atoms with van der Waals surface area (Å²) in [6, 6.07) is 6.90. The van der Waals surface area contributed by atoms with E-state index in [-0.39, 0.29) is 11.3 Å². The lowest BCUT2D eigenvalue weighted by atomic mass is 9.68. The third-order valence-corrected chi connectivity index (χ3v) is 8.19. The van der Waals surface area contributed by atoms with Gasteiger partial charge < -0.3 is 4.74 Å². The van der Waals surface area contributed by atoms with E-state index in [1.54, 1.807) is 13.0 Å². The standard InChI is InChI=1S/C30H39F2NO/c1-3-5-6-7-21-8-10-22(11-9-21)23-12-14-24(15-13-23)25-16-18-27(33-20-25)26-17-19-28(34-4-2)30(32)29(26)31/h3,5,16-24H,4,6-15H2,1-2H3. The van der Waals surface area contributed by atoms with Gasteiger partial charge in [-0.25, -0.2) is 4.39 Å². The normalized spacial score (nSPS) is 25.5. The van der Waals surface area contributed by atoms with Crippen molar-refractivity contribution >= 4 is 0 Å². The maximum absolute atomic E-state index is 14.5. The molecule has 2 fully saturated rings. The second-order valence-electron chi connectivity index (χ2n) is 10.2. The molecule has 34 heavy (non-hydrogen) atoms. The minimum atomic E-state index is -0.949. The average molecular weight is 468 g/mol. The van der Waals surface area contributed by atoms with Gasteiger partial charge >= 0.3 is 0 Å². The fourth-order valence-electron chi connectivity index (χ4n) is 6.17. The minimum Gasteiger partial charge on any atom is -0.491 e. The van der Waals surface area contributed by atoms with Crippen molar-refractivity contribution in [1.29, 1.82) is 0 Å². The van der Waals surface area contributed by atoms with Gasteiger partial charge in [-0.2, -0.15) is 4.39 Å². The van der Waals surface area contributed by atoms with Crippen molar-refractivity contribution in [3.63, 3.8) is 0 Å². The zero-order valence-corrected chi connectivity index (χ0v) is 20.7. The van der Waals surface area contributed by atoms with E-state index < -0.39 is 11.6 Å². The lowest BCUT2D eigenvalue weighted by Crippen LogP contribution is -2.25. The molecule has 184 valence electrons. The molecule has 0 spiro atoms. The van der Waals surface area contributed by atoms with Crippen molar-refractivity contribution in [3.05, 3.63) is 59.8 Å². The summed E-state index contributed by atoms with van der Waals surface area (Å²) < 4.78 is 34.0. The molecule has 2 nitrogen and oxygen atoms in total. The summed E-state index contributed by atoms with van der Waals surface area (Å²) in [6.45, 7) is 4.15. The molecule has 2 aromatic rings. The molecule has 1 aromatic heterocycles. The molecule has 0 atom stereocenters. The van der Waals surface area contributed by atoms with Gasteiger partial charge in [0.15, 0.2) is 11.6 Å².